The van der Waals surface area contributed by atoms with E-state index in [0.29, 0.717) is 13.0 Å². The van der Waals surface area contributed by atoms with Crippen LogP contribution in [-0.4, -0.2) is 57.2 Å². The molecule has 7 heteroatoms. The molecule has 0 aliphatic carbocycles. The molecule has 1 aromatic heterocycles. The molecule has 0 aliphatic heterocycles. The van der Waals surface area contributed by atoms with Crippen molar-refractivity contribution in [1.82, 2.24) is 30.4 Å². The number of aryl methyl sites for hydroxylation is 1. The number of carbonyl (C=O) groups excluding carboxylic acids is 1. The van der Waals surface area contributed by atoms with Gasteiger partial charge in [0.15, 0.2) is 0 Å². The second kappa shape index (κ2) is 6.44. The molecular weight excluding hydrogens is 232 g/mol. The van der Waals surface area contributed by atoms with Gasteiger partial charge >= 0.3 is 0 Å². The third kappa shape index (κ3) is 5.72. The number of aromatic nitrogens is 4. The molecule has 1 rings (SSSR count). The highest BCUT2D eigenvalue weighted by Gasteiger charge is 2.20. The van der Waals surface area contributed by atoms with Crippen LogP contribution in [-0.2, 0) is 11.3 Å². The minimum atomic E-state index is -0.213. The fraction of sp³-hybridized carbons (Fsp3) is 0.818. The Morgan fingerprint density at radius 3 is 2.72 bits per heavy atom. The maximum Gasteiger partial charge on any atom is 0.220 e. The average Bonchev–Trinajstić information content (AvgIpc) is 2.66. The van der Waals surface area contributed by atoms with Crippen LogP contribution < -0.4 is 5.32 Å². The molecule has 0 fully saturated rings. The van der Waals surface area contributed by atoms with Gasteiger partial charge < -0.3 is 10.2 Å². The van der Waals surface area contributed by atoms with E-state index in [1.165, 1.54) is 0 Å². The lowest BCUT2D eigenvalue weighted by Gasteiger charge is -2.29. The number of carbonyl (C=O) groups is 1. The van der Waals surface area contributed by atoms with Crippen molar-refractivity contribution in [3.05, 3.63) is 6.33 Å². The number of likely N-dealkylation sites (N-methyl/N-ethyl adjacent to an activating group) is 1. The Bertz CT molecular complexity index is 360. The van der Waals surface area contributed by atoms with Crippen LogP contribution in [0, 0.1) is 0 Å². The van der Waals surface area contributed by atoms with Crippen LogP contribution in [0.3, 0.4) is 0 Å². The molecule has 7 nitrogen and oxygen atoms in total. The summed E-state index contributed by atoms with van der Waals surface area (Å²) < 4.78 is 1.62. The van der Waals surface area contributed by atoms with Crippen LogP contribution in [0.1, 0.15) is 26.7 Å². The second-order valence-electron chi connectivity index (χ2n) is 5.35. The Morgan fingerprint density at radius 1 is 1.44 bits per heavy atom. The zero-order valence-corrected chi connectivity index (χ0v) is 11.6. The van der Waals surface area contributed by atoms with E-state index in [1.54, 1.807) is 11.0 Å². The maximum atomic E-state index is 11.8. The zero-order chi connectivity index (χ0) is 13.6. The molecule has 18 heavy (non-hydrogen) atoms. The predicted molar refractivity (Wildman–Crippen MR) is 67.8 cm³/mol. The molecule has 0 radical (unpaired) electrons. The van der Waals surface area contributed by atoms with Gasteiger partial charge in [0, 0.05) is 25.0 Å². The van der Waals surface area contributed by atoms with E-state index in [4.69, 9.17) is 0 Å². The Hall–Kier alpha value is -1.50. The summed E-state index contributed by atoms with van der Waals surface area (Å²) in [5.41, 5.74) is -0.213. The minimum absolute atomic E-state index is 0.0647. The number of rotatable bonds is 7. The van der Waals surface area contributed by atoms with Gasteiger partial charge in [-0.05, 0) is 44.8 Å². The molecule has 0 spiro atoms. The van der Waals surface area contributed by atoms with Crippen LogP contribution in [0.5, 0.6) is 0 Å². The number of nitrogens with zero attached hydrogens (tertiary/aromatic N) is 5. The molecule has 0 saturated heterocycles. The van der Waals surface area contributed by atoms with Gasteiger partial charge in [-0.2, -0.15) is 0 Å². The molecule has 0 saturated carbocycles. The van der Waals surface area contributed by atoms with Gasteiger partial charge in [0.1, 0.15) is 6.33 Å². The minimum Gasteiger partial charge on any atom is -0.350 e. The van der Waals surface area contributed by atoms with Crippen molar-refractivity contribution in [2.75, 3.05) is 20.6 Å². The summed E-state index contributed by atoms with van der Waals surface area (Å²) in [5.74, 6) is 0.0647. The summed E-state index contributed by atoms with van der Waals surface area (Å²) in [5, 5.41) is 13.8. The van der Waals surface area contributed by atoms with Gasteiger partial charge in [0.25, 0.3) is 0 Å². The van der Waals surface area contributed by atoms with E-state index in [2.05, 4.69) is 25.7 Å². The Balaban J connectivity index is 2.24. The Kier molecular flexibility index (Phi) is 5.21. The molecule has 0 atom stereocenters. The topological polar surface area (TPSA) is 75.9 Å². The first kappa shape index (κ1) is 14.6. The first-order chi connectivity index (χ1) is 8.39. The summed E-state index contributed by atoms with van der Waals surface area (Å²) in [4.78, 5) is 13.8. The monoisotopic (exact) mass is 254 g/mol. The first-order valence-corrected chi connectivity index (χ1v) is 6.05. The highest BCUT2D eigenvalue weighted by Crippen LogP contribution is 2.04. The fourth-order valence-electron chi connectivity index (χ4n) is 1.95. The largest absolute Gasteiger partial charge is 0.350 e. The van der Waals surface area contributed by atoms with E-state index < -0.39 is 0 Å². The third-order valence-corrected chi connectivity index (χ3v) is 2.37. The third-order valence-electron chi connectivity index (χ3n) is 2.37. The van der Waals surface area contributed by atoms with Gasteiger partial charge in [-0.15, -0.1) is 5.10 Å². The summed E-state index contributed by atoms with van der Waals surface area (Å²) in [6.45, 7) is 5.51. The molecule has 1 N–H and O–H groups in total. The zero-order valence-electron chi connectivity index (χ0n) is 11.6. The second-order valence-corrected chi connectivity index (χ2v) is 5.35. The normalized spacial score (nSPS) is 11.8. The number of amides is 1. The number of tetrazole rings is 1. The van der Waals surface area contributed by atoms with Crippen LogP contribution in [0.4, 0.5) is 0 Å². The van der Waals surface area contributed by atoms with Gasteiger partial charge in [-0.25, -0.2) is 4.68 Å². The van der Waals surface area contributed by atoms with Crippen molar-refractivity contribution in [3.8, 4) is 0 Å². The molecule has 1 amide bonds. The molecule has 0 aliphatic rings. The van der Waals surface area contributed by atoms with E-state index in [1.807, 2.05) is 27.9 Å². The molecular formula is C11H22N6O. The lowest BCUT2D eigenvalue weighted by Crippen LogP contribution is -2.49. The Labute approximate surface area is 108 Å². The van der Waals surface area contributed by atoms with Gasteiger partial charge in [-0.3, -0.25) is 4.79 Å². The SMILES string of the molecule is CN(C)CC(C)(C)NC(=O)CCCn1cnnn1. The molecule has 1 heterocycles. The smallest absolute Gasteiger partial charge is 0.220 e. The van der Waals surface area contributed by atoms with Crippen molar-refractivity contribution in [2.24, 2.45) is 0 Å². The van der Waals surface area contributed by atoms with E-state index in [9.17, 15) is 4.79 Å². The summed E-state index contributed by atoms with van der Waals surface area (Å²) in [6.07, 6.45) is 2.76. The van der Waals surface area contributed by atoms with Crippen LogP contribution in [0.15, 0.2) is 6.33 Å². The molecule has 0 unspecified atom stereocenters. The fourth-order valence-corrected chi connectivity index (χ4v) is 1.95. The van der Waals surface area contributed by atoms with Crippen molar-refractivity contribution in [2.45, 2.75) is 38.8 Å². The molecule has 0 aromatic carbocycles. The molecule has 0 bridgehead atoms. The maximum absolute atomic E-state index is 11.8. The average molecular weight is 254 g/mol. The van der Waals surface area contributed by atoms with E-state index in [0.717, 1.165) is 13.0 Å². The highest BCUT2D eigenvalue weighted by atomic mass is 16.1. The van der Waals surface area contributed by atoms with Crippen molar-refractivity contribution in [3.63, 3.8) is 0 Å². The summed E-state index contributed by atoms with van der Waals surface area (Å²) in [7, 11) is 3.98. The van der Waals surface area contributed by atoms with Crippen molar-refractivity contribution < 1.29 is 4.79 Å². The highest BCUT2D eigenvalue weighted by molar-refractivity contribution is 5.76. The quantitative estimate of drug-likeness (QED) is 0.736. The van der Waals surface area contributed by atoms with Gasteiger partial charge in [0.05, 0.1) is 0 Å². The van der Waals surface area contributed by atoms with Crippen LogP contribution in [0.25, 0.3) is 0 Å². The standard InChI is InChI=1S/C11H22N6O/c1-11(2,8-16(3)4)13-10(18)6-5-7-17-9-12-14-15-17/h9H,5-8H2,1-4H3,(H,13,18). The van der Waals surface area contributed by atoms with Gasteiger partial charge in [0.2, 0.25) is 5.91 Å². The number of hydrogen-bond donors (Lipinski definition) is 1. The number of nitrogens with one attached hydrogen (secondary N) is 1. The summed E-state index contributed by atoms with van der Waals surface area (Å²) >= 11 is 0. The van der Waals surface area contributed by atoms with Gasteiger partial charge in [-0.1, -0.05) is 0 Å². The lowest BCUT2D eigenvalue weighted by atomic mass is 10.0. The number of hydrogen-bond acceptors (Lipinski definition) is 5. The van der Waals surface area contributed by atoms with Crippen LogP contribution >= 0.6 is 0 Å². The van der Waals surface area contributed by atoms with Crippen molar-refractivity contribution in [1.29, 1.82) is 0 Å². The van der Waals surface area contributed by atoms with E-state index in [-0.39, 0.29) is 11.4 Å². The molecule has 1 aromatic rings. The summed E-state index contributed by atoms with van der Waals surface area (Å²) in [6, 6.07) is 0. The molecule has 102 valence electrons. The van der Waals surface area contributed by atoms with E-state index >= 15 is 0 Å². The predicted octanol–water partition coefficient (Wildman–Crippen LogP) is -0.0903. The lowest BCUT2D eigenvalue weighted by molar-refractivity contribution is -0.123. The van der Waals surface area contributed by atoms with Crippen LogP contribution in [0.2, 0.25) is 0 Å². The Morgan fingerprint density at radius 2 is 2.17 bits per heavy atom. The first-order valence-electron chi connectivity index (χ1n) is 6.05. The van der Waals surface area contributed by atoms with Crippen molar-refractivity contribution >= 4 is 5.91 Å².